The van der Waals surface area contributed by atoms with Gasteiger partial charge in [0.25, 0.3) is 5.56 Å². The van der Waals surface area contributed by atoms with Crippen molar-refractivity contribution >= 4 is 45.1 Å². The van der Waals surface area contributed by atoms with Crippen LogP contribution in [0.2, 0.25) is 0 Å². The standard InChI is InChI=1S/C20H18N2O6S2/c1-2-26-17(24)8-13(23)10-30-20-21-14-5-6-29-18(14)19(25)22(20)9-12-3-4-15-16(7-12)28-11-27-15/h3-7H,2,8-11H2,1H3. The number of hydrogen-bond donors (Lipinski definition) is 0. The Morgan fingerprint density at radius 2 is 2.10 bits per heavy atom. The Balaban J connectivity index is 1.59. The fourth-order valence-electron chi connectivity index (χ4n) is 2.96. The highest BCUT2D eigenvalue weighted by Gasteiger charge is 2.18. The highest BCUT2D eigenvalue weighted by atomic mass is 32.2. The van der Waals surface area contributed by atoms with Gasteiger partial charge in [0, 0.05) is 0 Å². The number of aromatic nitrogens is 2. The van der Waals surface area contributed by atoms with E-state index in [9.17, 15) is 14.4 Å². The van der Waals surface area contributed by atoms with E-state index in [2.05, 4.69) is 4.98 Å². The van der Waals surface area contributed by atoms with E-state index in [4.69, 9.17) is 14.2 Å². The van der Waals surface area contributed by atoms with Crippen LogP contribution in [0.15, 0.2) is 39.6 Å². The van der Waals surface area contributed by atoms with Crippen LogP contribution < -0.4 is 15.0 Å². The number of nitrogens with zero attached hydrogens (tertiary/aromatic N) is 2. The quantitative estimate of drug-likeness (QED) is 0.226. The van der Waals surface area contributed by atoms with Crippen molar-refractivity contribution in [3.8, 4) is 11.5 Å². The topological polar surface area (TPSA) is 96.7 Å². The number of hydrogen-bond acceptors (Lipinski definition) is 9. The number of esters is 1. The van der Waals surface area contributed by atoms with Gasteiger partial charge in [-0.05, 0) is 36.1 Å². The maximum atomic E-state index is 13.1. The molecule has 2 aromatic heterocycles. The number of rotatable bonds is 8. The predicted molar refractivity (Wildman–Crippen MR) is 113 cm³/mol. The van der Waals surface area contributed by atoms with Crippen LogP contribution in [0.4, 0.5) is 0 Å². The van der Waals surface area contributed by atoms with Gasteiger partial charge in [0.1, 0.15) is 11.1 Å². The Morgan fingerprint density at radius 3 is 2.93 bits per heavy atom. The molecule has 0 fully saturated rings. The summed E-state index contributed by atoms with van der Waals surface area (Å²) < 4.78 is 17.6. The summed E-state index contributed by atoms with van der Waals surface area (Å²) in [6, 6.07) is 7.26. The number of thiophene rings is 1. The summed E-state index contributed by atoms with van der Waals surface area (Å²) >= 11 is 2.46. The van der Waals surface area contributed by atoms with E-state index < -0.39 is 5.97 Å². The molecule has 0 aliphatic carbocycles. The van der Waals surface area contributed by atoms with Crippen LogP contribution in [-0.4, -0.2) is 40.5 Å². The van der Waals surface area contributed by atoms with Gasteiger partial charge in [-0.1, -0.05) is 17.8 Å². The van der Waals surface area contributed by atoms with Crippen LogP contribution >= 0.6 is 23.1 Å². The maximum absolute atomic E-state index is 13.1. The fourth-order valence-corrected chi connectivity index (χ4v) is 4.60. The van der Waals surface area contributed by atoms with E-state index in [0.717, 1.165) is 17.3 Å². The van der Waals surface area contributed by atoms with Gasteiger partial charge in [-0.15, -0.1) is 11.3 Å². The molecule has 0 radical (unpaired) electrons. The van der Waals surface area contributed by atoms with Gasteiger partial charge >= 0.3 is 5.97 Å². The second-order valence-electron chi connectivity index (χ2n) is 6.42. The lowest BCUT2D eigenvalue weighted by Crippen LogP contribution is -2.23. The van der Waals surface area contributed by atoms with Crippen molar-refractivity contribution < 1.29 is 23.8 Å². The highest BCUT2D eigenvalue weighted by molar-refractivity contribution is 7.99. The zero-order valence-electron chi connectivity index (χ0n) is 16.1. The Kier molecular flexibility index (Phi) is 6.05. The van der Waals surface area contributed by atoms with Gasteiger partial charge in [0.2, 0.25) is 6.79 Å². The van der Waals surface area contributed by atoms with E-state index in [1.54, 1.807) is 23.6 Å². The summed E-state index contributed by atoms with van der Waals surface area (Å²) in [7, 11) is 0. The first-order valence-electron chi connectivity index (χ1n) is 9.22. The van der Waals surface area contributed by atoms with E-state index in [0.29, 0.717) is 26.9 Å². The molecular weight excluding hydrogens is 428 g/mol. The number of ether oxygens (including phenoxy) is 3. The number of carbonyl (C=O) groups excluding carboxylic acids is 2. The lowest BCUT2D eigenvalue weighted by Gasteiger charge is -2.12. The molecular formula is C20H18N2O6S2. The molecule has 0 saturated heterocycles. The fraction of sp³-hybridized carbons (Fsp3) is 0.300. The molecule has 0 N–H and O–H groups in total. The van der Waals surface area contributed by atoms with Crippen LogP contribution in [-0.2, 0) is 20.9 Å². The summed E-state index contributed by atoms with van der Waals surface area (Å²) in [6.07, 6.45) is -0.298. The summed E-state index contributed by atoms with van der Waals surface area (Å²) in [5.41, 5.74) is 1.26. The van der Waals surface area contributed by atoms with Crippen molar-refractivity contribution in [2.75, 3.05) is 19.2 Å². The van der Waals surface area contributed by atoms with Gasteiger partial charge in [-0.2, -0.15) is 0 Å². The monoisotopic (exact) mass is 446 g/mol. The van der Waals surface area contributed by atoms with Gasteiger partial charge in [0.15, 0.2) is 22.4 Å². The average Bonchev–Trinajstić information content (AvgIpc) is 3.37. The predicted octanol–water partition coefficient (Wildman–Crippen LogP) is 2.85. The molecule has 4 rings (SSSR count). The molecule has 0 atom stereocenters. The molecule has 0 unspecified atom stereocenters. The van der Waals surface area contributed by atoms with Crippen LogP contribution in [0.25, 0.3) is 10.2 Å². The normalized spacial score (nSPS) is 12.3. The molecule has 0 bridgehead atoms. The average molecular weight is 447 g/mol. The molecule has 1 aromatic carbocycles. The van der Waals surface area contributed by atoms with Gasteiger partial charge in [-0.25, -0.2) is 4.98 Å². The number of benzene rings is 1. The minimum Gasteiger partial charge on any atom is -0.466 e. The first kappa shape index (κ1) is 20.4. The molecule has 0 saturated carbocycles. The number of thioether (sulfide) groups is 1. The lowest BCUT2D eigenvalue weighted by molar-refractivity contribution is -0.145. The smallest absolute Gasteiger partial charge is 0.313 e. The molecule has 8 nitrogen and oxygen atoms in total. The lowest BCUT2D eigenvalue weighted by atomic mass is 10.2. The Hall–Kier alpha value is -2.85. The first-order valence-corrected chi connectivity index (χ1v) is 11.1. The van der Waals surface area contributed by atoms with Crippen LogP contribution in [0.5, 0.6) is 11.5 Å². The minimum atomic E-state index is -0.554. The number of ketones is 1. The summed E-state index contributed by atoms with van der Waals surface area (Å²) in [5.74, 6) is 0.471. The van der Waals surface area contributed by atoms with Crippen molar-refractivity contribution in [2.24, 2.45) is 0 Å². The molecule has 156 valence electrons. The molecule has 3 heterocycles. The summed E-state index contributed by atoms with van der Waals surface area (Å²) in [5, 5.41) is 2.23. The summed E-state index contributed by atoms with van der Waals surface area (Å²) in [6.45, 7) is 2.35. The Morgan fingerprint density at radius 1 is 1.27 bits per heavy atom. The van der Waals surface area contributed by atoms with E-state index in [-0.39, 0.29) is 43.5 Å². The van der Waals surface area contributed by atoms with Crippen molar-refractivity contribution in [3.63, 3.8) is 0 Å². The molecule has 1 aliphatic heterocycles. The molecule has 10 heteroatoms. The van der Waals surface area contributed by atoms with E-state index >= 15 is 0 Å². The third kappa shape index (κ3) is 4.34. The van der Waals surface area contributed by atoms with E-state index in [1.165, 1.54) is 11.3 Å². The van der Waals surface area contributed by atoms with E-state index in [1.807, 2.05) is 17.5 Å². The first-order chi connectivity index (χ1) is 14.5. The van der Waals surface area contributed by atoms with Crippen molar-refractivity contribution in [1.29, 1.82) is 0 Å². The van der Waals surface area contributed by atoms with Crippen molar-refractivity contribution in [1.82, 2.24) is 9.55 Å². The van der Waals surface area contributed by atoms with Crippen LogP contribution in [0, 0.1) is 0 Å². The van der Waals surface area contributed by atoms with Crippen LogP contribution in [0.1, 0.15) is 18.9 Å². The minimum absolute atomic E-state index is 0.0159. The zero-order valence-corrected chi connectivity index (χ0v) is 17.7. The second kappa shape index (κ2) is 8.88. The maximum Gasteiger partial charge on any atom is 0.313 e. The number of Topliss-reactive ketones (excluding diaryl/α,β-unsaturated/α-hetero) is 1. The molecule has 3 aromatic rings. The van der Waals surface area contributed by atoms with Gasteiger partial charge in [0.05, 0.1) is 24.4 Å². The van der Waals surface area contributed by atoms with Gasteiger partial charge < -0.3 is 14.2 Å². The van der Waals surface area contributed by atoms with Crippen molar-refractivity contribution in [2.45, 2.75) is 25.0 Å². The van der Waals surface area contributed by atoms with Crippen LogP contribution in [0.3, 0.4) is 0 Å². The Bertz CT molecular complexity index is 1170. The number of carbonyl (C=O) groups is 2. The number of fused-ring (bicyclic) bond motifs is 2. The molecule has 1 aliphatic rings. The third-order valence-electron chi connectivity index (χ3n) is 4.32. The molecule has 30 heavy (non-hydrogen) atoms. The Labute approximate surface area is 179 Å². The third-order valence-corrected chi connectivity index (χ3v) is 6.25. The van der Waals surface area contributed by atoms with Crippen molar-refractivity contribution in [3.05, 3.63) is 45.6 Å². The molecule has 0 spiro atoms. The van der Waals surface area contributed by atoms with Gasteiger partial charge in [-0.3, -0.25) is 19.0 Å². The second-order valence-corrected chi connectivity index (χ2v) is 8.28. The molecule has 0 amide bonds. The SMILES string of the molecule is CCOC(=O)CC(=O)CSc1nc2ccsc2c(=O)n1Cc1ccc2c(c1)OCO2. The largest absolute Gasteiger partial charge is 0.466 e. The highest BCUT2D eigenvalue weighted by Crippen LogP contribution is 2.33. The zero-order chi connectivity index (χ0) is 21.1. The summed E-state index contributed by atoms with van der Waals surface area (Å²) in [4.78, 5) is 41.3.